The summed E-state index contributed by atoms with van der Waals surface area (Å²) < 4.78 is 53.7. The number of rotatable bonds is 10. The molecule has 0 saturated carbocycles. The number of carbonyl (C=O) groups excluding carboxylic acids is 2. The van der Waals surface area contributed by atoms with Crippen LogP contribution in [0.5, 0.6) is 11.5 Å². The number of halogens is 3. The first-order chi connectivity index (χ1) is 16.2. The predicted molar refractivity (Wildman–Crippen MR) is 115 cm³/mol. The first-order valence-electron chi connectivity index (χ1n) is 10.0. The number of nitrogens with one attached hydrogen (secondary N) is 2. The van der Waals surface area contributed by atoms with Gasteiger partial charge in [-0.15, -0.1) is 0 Å². The standard InChI is InChI=1S/C23H21F3N2O6/c24-23(25,26)15-4-1-6-18(10-15)33-13-17(29)12-27-21(30)14-34-19-7-2-5-16(11-19)28-22(31)20-8-3-9-32-20/h1-11,17,29H,12-14H2,(H,27,30)(H,28,31). The van der Waals surface area contributed by atoms with Gasteiger partial charge in [0, 0.05) is 18.3 Å². The molecule has 0 bridgehead atoms. The second kappa shape index (κ2) is 11.2. The number of carbonyl (C=O) groups is 2. The summed E-state index contributed by atoms with van der Waals surface area (Å²) in [6.07, 6.45) is -4.28. The van der Waals surface area contributed by atoms with E-state index in [4.69, 9.17) is 13.9 Å². The Morgan fingerprint density at radius 3 is 2.44 bits per heavy atom. The molecule has 8 nitrogen and oxygen atoms in total. The van der Waals surface area contributed by atoms with Gasteiger partial charge >= 0.3 is 6.18 Å². The second-order valence-electron chi connectivity index (χ2n) is 7.04. The molecule has 0 saturated heterocycles. The molecule has 2 aromatic carbocycles. The van der Waals surface area contributed by atoms with E-state index >= 15 is 0 Å². The molecular formula is C23H21F3N2O6. The van der Waals surface area contributed by atoms with Crippen LogP contribution in [0, 0.1) is 0 Å². The maximum atomic E-state index is 12.7. The van der Waals surface area contributed by atoms with Crippen LogP contribution in [-0.2, 0) is 11.0 Å². The van der Waals surface area contributed by atoms with Crippen LogP contribution in [0.25, 0.3) is 0 Å². The number of ether oxygens (including phenoxy) is 2. The van der Waals surface area contributed by atoms with Gasteiger partial charge in [-0.1, -0.05) is 12.1 Å². The number of anilines is 1. The summed E-state index contributed by atoms with van der Waals surface area (Å²) in [5, 5.41) is 15.0. The molecule has 1 atom stereocenters. The Hall–Kier alpha value is -3.99. The zero-order chi connectivity index (χ0) is 24.6. The summed E-state index contributed by atoms with van der Waals surface area (Å²) in [7, 11) is 0. The maximum absolute atomic E-state index is 12.7. The van der Waals surface area contributed by atoms with Gasteiger partial charge in [0.25, 0.3) is 11.8 Å². The number of alkyl halides is 3. The molecule has 0 aliphatic heterocycles. The van der Waals surface area contributed by atoms with Crippen molar-refractivity contribution in [1.82, 2.24) is 5.32 Å². The SMILES string of the molecule is O=C(COc1cccc(NC(=O)c2ccco2)c1)NCC(O)COc1cccc(C(F)(F)F)c1. The smallest absolute Gasteiger partial charge is 0.416 e. The van der Waals surface area contributed by atoms with Crippen molar-refractivity contribution in [3.63, 3.8) is 0 Å². The molecule has 0 radical (unpaired) electrons. The zero-order valence-electron chi connectivity index (χ0n) is 17.7. The molecule has 11 heteroatoms. The molecule has 2 amide bonds. The normalized spacial score (nSPS) is 12.0. The van der Waals surface area contributed by atoms with Crippen LogP contribution >= 0.6 is 0 Å². The highest BCUT2D eigenvalue weighted by atomic mass is 19.4. The van der Waals surface area contributed by atoms with Gasteiger partial charge < -0.3 is 29.6 Å². The van der Waals surface area contributed by atoms with E-state index in [1.807, 2.05) is 0 Å². The number of amides is 2. The quantitative estimate of drug-likeness (QED) is 0.412. The number of hydrogen-bond donors (Lipinski definition) is 3. The van der Waals surface area contributed by atoms with Gasteiger partial charge in [0.15, 0.2) is 12.4 Å². The largest absolute Gasteiger partial charge is 0.491 e. The number of hydrogen-bond acceptors (Lipinski definition) is 6. The third-order valence-corrected chi connectivity index (χ3v) is 4.35. The third kappa shape index (κ3) is 7.55. The monoisotopic (exact) mass is 478 g/mol. The first kappa shape index (κ1) is 24.6. The van der Waals surface area contributed by atoms with E-state index < -0.39 is 29.7 Å². The summed E-state index contributed by atoms with van der Waals surface area (Å²) in [6.45, 7) is -0.878. The van der Waals surface area contributed by atoms with Crippen LogP contribution in [0.4, 0.5) is 18.9 Å². The van der Waals surface area contributed by atoms with Crippen molar-refractivity contribution in [2.24, 2.45) is 0 Å². The number of furan rings is 1. The molecular weight excluding hydrogens is 457 g/mol. The average Bonchev–Trinajstić information content (AvgIpc) is 3.35. The van der Waals surface area contributed by atoms with Crippen LogP contribution in [0.15, 0.2) is 71.3 Å². The topological polar surface area (TPSA) is 110 Å². The lowest BCUT2D eigenvalue weighted by Crippen LogP contribution is -2.37. The zero-order valence-corrected chi connectivity index (χ0v) is 17.7. The highest BCUT2D eigenvalue weighted by molar-refractivity contribution is 6.02. The van der Waals surface area contributed by atoms with E-state index in [9.17, 15) is 27.9 Å². The highest BCUT2D eigenvalue weighted by Crippen LogP contribution is 2.31. The lowest BCUT2D eigenvalue weighted by Gasteiger charge is -2.15. The number of aliphatic hydroxyl groups excluding tert-OH is 1. The minimum Gasteiger partial charge on any atom is -0.491 e. The van der Waals surface area contributed by atoms with E-state index in [1.54, 1.807) is 24.3 Å². The minimum atomic E-state index is -4.50. The van der Waals surface area contributed by atoms with Gasteiger partial charge in [-0.05, 0) is 42.5 Å². The molecule has 34 heavy (non-hydrogen) atoms. The van der Waals surface area contributed by atoms with Gasteiger partial charge in [0.2, 0.25) is 0 Å². The van der Waals surface area contributed by atoms with E-state index in [0.29, 0.717) is 11.4 Å². The van der Waals surface area contributed by atoms with Crippen LogP contribution in [-0.4, -0.2) is 42.8 Å². The van der Waals surface area contributed by atoms with Crippen molar-refractivity contribution in [3.05, 3.63) is 78.3 Å². The Morgan fingerprint density at radius 2 is 1.74 bits per heavy atom. The van der Waals surface area contributed by atoms with E-state index in [0.717, 1.165) is 12.1 Å². The molecule has 1 aromatic heterocycles. The van der Waals surface area contributed by atoms with Gasteiger partial charge in [0.1, 0.15) is 24.2 Å². The molecule has 3 rings (SSSR count). The lowest BCUT2D eigenvalue weighted by molar-refractivity contribution is -0.137. The second-order valence-corrected chi connectivity index (χ2v) is 7.04. The molecule has 3 aromatic rings. The van der Waals surface area contributed by atoms with Crippen molar-refractivity contribution in [1.29, 1.82) is 0 Å². The van der Waals surface area contributed by atoms with Crippen molar-refractivity contribution in [2.45, 2.75) is 12.3 Å². The Labute approximate surface area is 192 Å². The lowest BCUT2D eigenvalue weighted by atomic mass is 10.2. The molecule has 0 aliphatic carbocycles. The fourth-order valence-electron chi connectivity index (χ4n) is 2.71. The molecule has 0 spiro atoms. The summed E-state index contributed by atoms with van der Waals surface area (Å²) >= 11 is 0. The van der Waals surface area contributed by atoms with Crippen molar-refractivity contribution >= 4 is 17.5 Å². The average molecular weight is 478 g/mol. The molecule has 0 aliphatic rings. The number of aliphatic hydroxyl groups is 1. The van der Waals surface area contributed by atoms with Crippen molar-refractivity contribution in [2.75, 3.05) is 25.1 Å². The van der Waals surface area contributed by atoms with Crippen LogP contribution in [0.3, 0.4) is 0 Å². The third-order valence-electron chi connectivity index (χ3n) is 4.35. The van der Waals surface area contributed by atoms with Crippen LogP contribution in [0.2, 0.25) is 0 Å². The Bertz CT molecular complexity index is 1100. The van der Waals surface area contributed by atoms with Gasteiger partial charge in [-0.25, -0.2) is 0 Å². The fraction of sp³-hybridized carbons (Fsp3) is 0.217. The Kier molecular flexibility index (Phi) is 8.14. The molecule has 3 N–H and O–H groups in total. The highest BCUT2D eigenvalue weighted by Gasteiger charge is 2.30. The molecule has 1 heterocycles. The first-order valence-corrected chi connectivity index (χ1v) is 10.0. The summed E-state index contributed by atoms with van der Waals surface area (Å²) in [4.78, 5) is 24.0. The molecule has 1 unspecified atom stereocenters. The van der Waals surface area contributed by atoms with E-state index in [-0.39, 0.29) is 31.3 Å². The fourth-order valence-corrected chi connectivity index (χ4v) is 2.71. The molecule has 0 fully saturated rings. The predicted octanol–water partition coefficient (Wildman–Crippen LogP) is 3.49. The van der Waals surface area contributed by atoms with Crippen molar-refractivity contribution < 1.29 is 41.8 Å². The molecule has 180 valence electrons. The summed E-state index contributed by atoms with van der Waals surface area (Å²) in [5.41, 5.74) is -0.434. The van der Waals surface area contributed by atoms with Gasteiger partial charge in [-0.2, -0.15) is 13.2 Å². The van der Waals surface area contributed by atoms with E-state index in [2.05, 4.69) is 10.6 Å². The van der Waals surface area contributed by atoms with Gasteiger partial charge in [0.05, 0.1) is 11.8 Å². The summed E-state index contributed by atoms with van der Waals surface area (Å²) in [5.74, 6) is -0.575. The summed E-state index contributed by atoms with van der Waals surface area (Å²) in [6, 6.07) is 13.7. The maximum Gasteiger partial charge on any atom is 0.416 e. The van der Waals surface area contributed by atoms with Crippen LogP contribution in [0.1, 0.15) is 16.1 Å². The minimum absolute atomic E-state index is 0.0532. The Morgan fingerprint density at radius 1 is 1.00 bits per heavy atom. The van der Waals surface area contributed by atoms with Crippen molar-refractivity contribution in [3.8, 4) is 11.5 Å². The Balaban J connectivity index is 1.39. The van der Waals surface area contributed by atoms with E-state index in [1.165, 1.54) is 30.5 Å². The van der Waals surface area contributed by atoms with Crippen LogP contribution < -0.4 is 20.1 Å². The number of benzene rings is 2. The van der Waals surface area contributed by atoms with Gasteiger partial charge in [-0.3, -0.25) is 9.59 Å².